The van der Waals surface area contributed by atoms with E-state index in [0.717, 1.165) is 43.9 Å². The van der Waals surface area contributed by atoms with Crippen LogP contribution in [0.5, 0.6) is 0 Å². The average Bonchev–Trinajstić information content (AvgIpc) is 3.02. The van der Waals surface area contributed by atoms with Gasteiger partial charge in [-0.2, -0.15) is 0 Å². The highest BCUT2D eigenvalue weighted by Crippen LogP contribution is 2.20. The molecule has 3 heterocycles. The number of amides is 1. The van der Waals surface area contributed by atoms with E-state index in [9.17, 15) is 4.79 Å². The first-order valence-corrected chi connectivity index (χ1v) is 7.27. The lowest BCUT2D eigenvalue weighted by Gasteiger charge is -2.31. The molecule has 0 spiro atoms. The van der Waals surface area contributed by atoms with Gasteiger partial charge in [-0.1, -0.05) is 0 Å². The summed E-state index contributed by atoms with van der Waals surface area (Å²) >= 11 is 0. The van der Waals surface area contributed by atoms with E-state index in [4.69, 9.17) is 0 Å². The van der Waals surface area contributed by atoms with E-state index in [-0.39, 0.29) is 5.91 Å². The van der Waals surface area contributed by atoms with Gasteiger partial charge < -0.3 is 4.90 Å². The zero-order valence-electron chi connectivity index (χ0n) is 12.1. The molecule has 1 aliphatic rings. The molecule has 0 radical (unpaired) electrons. The first-order valence-electron chi connectivity index (χ1n) is 7.27. The molecule has 0 saturated carbocycles. The van der Waals surface area contributed by atoms with Gasteiger partial charge in [-0.25, -0.2) is 9.97 Å². The zero-order valence-corrected chi connectivity index (χ0v) is 12.1. The molecule has 21 heavy (non-hydrogen) atoms. The SMILES string of the molecule is CC(=O)N1CCC[C@H](Cc2cncc(-n3ccnc3)n2)C1. The number of aromatic nitrogens is 4. The highest BCUT2D eigenvalue weighted by Gasteiger charge is 2.22. The Morgan fingerprint density at radius 1 is 1.38 bits per heavy atom. The van der Waals surface area contributed by atoms with Crippen LogP contribution >= 0.6 is 0 Å². The van der Waals surface area contributed by atoms with E-state index in [0.29, 0.717) is 5.92 Å². The van der Waals surface area contributed by atoms with E-state index in [1.54, 1.807) is 25.6 Å². The molecule has 1 fully saturated rings. The number of imidazole rings is 1. The maximum Gasteiger partial charge on any atom is 0.219 e. The van der Waals surface area contributed by atoms with Gasteiger partial charge in [-0.05, 0) is 25.2 Å². The quantitative estimate of drug-likeness (QED) is 0.856. The predicted molar refractivity (Wildman–Crippen MR) is 77.8 cm³/mol. The van der Waals surface area contributed by atoms with E-state index in [1.165, 1.54) is 0 Å². The number of nitrogens with zero attached hydrogens (tertiary/aromatic N) is 5. The first-order chi connectivity index (χ1) is 10.2. The maximum absolute atomic E-state index is 11.5. The summed E-state index contributed by atoms with van der Waals surface area (Å²) < 4.78 is 1.85. The molecular formula is C15H19N5O. The summed E-state index contributed by atoms with van der Waals surface area (Å²) in [5, 5.41) is 0. The van der Waals surface area contributed by atoms with Crippen LogP contribution in [0.25, 0.3) is 5.82 Å². The van der Waals surface area contributed by atoms with Gasteiger partial charge in [0.15, 0.2) is 5.82 Å². The molecule has 110 valence electrons. The number of piperidine rings is 1. The van der Waals surface area contributed by atoms with Crippen LogP contribution in [0.3, 0.4) is 0 Å². The third kappa shape index (κ3) is 3.26. The van der Waals surface area contributed by atoms with Gasteiger partial charge in [0, 0.05) is 38.6 Å². The molecule has 3 rings (SSSR count). The molecule has 6 nitrogen and oxygen atoms in total. The predicted octanol–water partition coefficient (Wildman–Crippen LogP) is 1.46. The van der Waals surface area contributed by atoms with Crippen LogP contribution in [0, 0.1) is 5.92 Å². The summed E-state index contributed by atoms with van der Waals surface area (Å²) in [5.74, 6) is 1.41. The fourth-order valence-electron chi connectivity index (χ4n) is 2.83. The van der Waals surface area contributed by atoms with Crippen molar-refractivity contribution in [2.45, 2.75) is 26.2 Å². The molecule has 0 N–H and O–H groups in total. The van der Waals surface area contributed by atoms with E-state index in [1.807, 2.05) is 21.9 Å². The molecule has 0 aromatic carbocycles. The summed E-state index contributed by atoms with van der Waals surface area (Å²) in [6, 6.07) is 0. The van der Waals surface area contributed by atoms with Gasteiger partial charge in [0.2, 0.25) is 5.91 Å². The van der Waals surface area contributed by atoms with Gasteiger partial charge in [0.1, 0.15) is 6.33 Å². The number of hydrogen-bond donors (Lipinski definition) is 0. The van der Waals surface area contributed by atoms with Gasteiger partial charge >= 0.3 is 0 Å². The van der Waals surface area contributed by atoms with Crippen LogP contribution in [0.15, 0.2) is 31.1 Å². The second-order valence-electron chi connectivity index (χ2n) is 5.52. The molecule has 2 aromatic heterocycles. The lowest BCUT2D eigenvalue weighted by molar-refractivity contribution is -0.130. The van der Waals surface area contributed by atoms with Crippen LogP contribution in [0.2, 0.25) is 0 Å². The highest BCUT2D eigenvalue weighted by molar-refractivity contribution is 5.73. The van der Waals surface area contributed by atoms with Gasteiger partial charge in [-0.3, -0.25) is 14.3 Å². The summed E-state index contributed by atoms with van der Waals surface area (Å²) in [6.45, 7) is 3.35. The molecule has 1 aliphatic heterocycles. The fraction of sp³-hybridized carbons (Fsp3) is 0.467. The minimum atomic E-state index is 0.165. The molecule has 1 atom stereocenters. The molecule has 6 heteroatoms. The molecule has 1 saturated heterocycles. The summed E-state index contributed by atoms with van der Waals surface area (Å²) in [6.07, 6.45) is 11.9. The number of rotatable bonds is 3. The Kier molecular flexibility index (Phi) is 3.94. The van der Waals surface area contributed by atoms with Crippen molar-refractivity contribution in [3.63, 3.8) is 0 Å². The van der Waals surface area contributed by atoms with Crippen LogP contribution in [0.1, 0.15) is 25.5 Å². The summed E-state index contributed by atoms with van der Waals surface area (Å²) in [5.41, 5.74) is 0.969. The first kappa shape index (κ1) is 13.7. The highest BCUT2D eigenvalue weighted by atomic mass is 16.2. The van der Waals surface area contributed by atoms with Crippen molar-refractivity contribution in [2.75, 3.05) is 13.1 Å². The van der Waals surface area contributed by atoms with Crippen LogP contribution in [-0.2, 0) is 11.2 Å². The maximum atomic E-state index is 11.5. The second kappa shape index (κ2) is 6.03. The fourth-order valence-corrected chi connectivity index (χ4v) is 2.83. The number of carbonyl (C=O) groups is 1. The molecule has 0 bridgehead atoms. The molecule has 1 amide bonds. The Bertz CT molecular complexity index is 610. The summed E-state index contributed by atoms with van der Waals surface area (Å²) in [7, 11) is 0. The minimum Gasteiger partial charge on any atom is -0.343 e. The lowest BCUT2D eigenvalue weighted by Crippen LogP contribution is -2.39. The average molecular weight is 285 g/mol. The van der Waals surface area contributed by atoms with E-state index >= 15 is 0 Å². The molecular weight excluding hydrogens is 266 g/mol. The third-order valence-corrected chi connectivity index (χ3v) is 3.90. The molecule has 0 unspecified atom stereocenters. The number of hydrogen-bond acceptors (Lipinski definition) is 4. The Morgan fingerprint density at radius 3 is 3.05 bits per heavy atom. The van der Waals surface area contributed by atoms with Gasteiger partial charge in [0.25, 0.3) is 0 Å². The van der Waals surface area contributed by atoms with Gasteiger partial charge in [-0.15, -0.1) is 0 Å². The van der Waals surface area contributed by atoms with Crippen LogP contribution < -0.4 is 0 Å². The minimum absolute atomic E-state index is 0.165. The van der Waals surface area contributed by atoms with Crippen molar-refractivity contribution in [1.82, 2.24) is 24.4 Å². The molecule has 2 aromatic rings. The normalized spacial score (nSPS) is 18.7. The second-order valence-corrected chi connectivity index (χ2v) is 5.52. The smallest absolute Gasteiger partial charge is 0.219 e. The Hall–Kier alpha value is -2.24. The van der Waals surface area contributed by atoms with Crippen molar-refractivity contribution < 1.29 is 4.79 Å². The lowest BCUT2D eigenvalue weighted by atomic mass is 9.93. The Labute approximate surface area is 123 Å². The van der Waals surface area contributed by atoms with Crippen molar-refractivity contribution in [1.29, 1.82) is 0 Å². The monoisotopic (exact) mass is 285 g/mol. The number of likely N-dealkylation sites (tertiary alicyclic amines) is 1. The van der Waals surface area contributed by atoms with E-state index < -0.39 is 0 Å². The summed E-state index contributed by atoms with van der Waals surface area (Å²) in [4.78, 5) is 26.4. The van der Waals surface area contributed by atoms with Gasteiger partial charge in [0.05, 0.1) is 11.9 Å². The Balaban J connectivity index is 1.70. The van der Waals surface area contributed by atoms with E-state index in [2.05, 4.69) is 15.0 Å². The van der Waals surface area contributed by atoms with Crippen molar-refractivity contribution in [3.8, 4) is 5.82 Å². The Morgan fingerprint density at radius 2 is 2.29 bits per heavy atom. The van der Waals surface area contributed by atoms with Crippen molar-refractivity contribution in [2.24, 2.45) is 5.92 Å². The van der Waals surface area contributed by atoms with Crippen LogP contribution in [0.4, 0.5) is 0 Å². The van der Waals surface area contributed by atoms with Crippen molar-refractivity contribution >= 4 is 5.91 Å². The standard InChI is InChI=1S/C15H19N5O/c1-12(21)19-5-2-3-13(10-19)7-14-8-17-9-15(18-14)20-6-4-16-11-20/h4,6,8-9,11,13H,2-3,5,7,10H2,1H3/t13-/m1/s1. The third-order valence-electron chi connectivity index (χ3n) is 3.90. The van der Waals surface area contributed by atoms with Crippen molar-refractivity contribution in [3.05, 3.63) is 36.8 Å². The topological polar surface area (TPSA) is 63.9 Å². The largest absolute Gasteiger partial charge is 0.343 e. The molecule has 0 aliphatic carbocycles. The van der Waals surface area contributed by atoms with Crippen LogP contribution in [-0.4, -0.2) is 43.4 Å². The number of carbonyl (C=O) groups excluding carboxylic acids is 1. The zero-order chi connectivity index (χ0) is 14.7.